The zero-order valence-corrected chi connectivity index (χ0v) is 11.6. The fourth-order valence-electron chi connectivity index (χ4n) is 0.748. The molecule has 0 aromatic rings. The van der Waals surface area contributed by atoms with Crippen LogP contribution in [0.5, 0.6) is 0 Å². The summed E-state index contributed by atoms with van der Waals surface area (Å²) in [6.07, 6.45) is 0.964. The molecule has 16 heavy (non-hydrogen) atoms. The minimum Gasteiger partial charge on any atom is -0.360 e. The maximum Gasteiger partial charge on any atom is 0.491 e. The second-order valence-electron chi connectivity index (χ2n) is 4.25. The third kappa shape index (κ3) is 7.14. The standard InChI is InChI=1S/C8H19N2O4PS/c1-5-8(2,3)6-9-7(16)10(4)14-15(11,12)13/h5-6H2,1-4H3,(H,9,16)(H2,11,12,13). The lowest BCUT2D eigenvalue weighted by molar-refractivity contribution is 0.00884. The van der Waals surface area contributed by atoms with Crippen LogP contribution in [0.4, 0.5) is 0 Å². The Labute approximate surface area is 101 Å². The minimum atomic E-state index is -4.55. The Bertz CT molecular complexity index is 292. The molecule has 0 aliphatic rings. The van der Waals surface area contributed by atoms with Crippen molar-refractivity contribution in [1.82, 2.24) is 10.4 Å². The number of hydroxylamine groups is 2. The molecule has 0 aliphatic carbocycles. The Balaban J connectivity index is 4.13. The van der Waals surface area contributed by atoms with Gasteiger partial charge in [0.2, 0.25) is 0 Å². The van der Waals surface area contributed by atoms with E-state index in [1.54, 1.807) is 0 Å². The van der Waals surface area contributed by atoms with Gasteiger partial charge in [0.15, 0.2) is 5.11 Å². The van der Waals surface area contributed by atoms with Crippen LogP contribution in [-0.4, -0.2) is 33.6 Å². The van der Waals surface area contributed by atoms with Gasteiger partial charge in [-0.25, -0.2) is 9.63 Å². The van der Waals surface area contributed by atoms with E-state index in [-0.39, 0.29) is 10.5 Å². The van der Waals surface area contributed by atoms with Crippen LogP contribution in [0.2, 0.25) is 0 Å². The van der Waals surface area contributed by atoms with Gasteiger partial charge in [-0.1, -0.05) is 20.8 Å². The highest BCUT2D eigenvalue weighted by molar-refractivity contribution is 7.80. The van der Waals surface area contributed by atoms with Crippen molar-refractivity contribution in [3.63, 3.8) is 0 Å². The van der Waals surface area contributed by atoms with Crippen molar-refractivity contribution in [1.29, 1.82) is 0 Å². The quantitative estimate of drug-likeness (QED) is 0.394. The normalized spacial score (nSPS) is 12.4. The molecule has 0 saturated carbocycles. The fraction of sp³-hybridized carbons (Fsp3) is 0.875. The van der Waals surface area contributed by atoms with Crippen molar-refractivity contribution in [2.75, 3.05) is 13.6 Å². The van der Waals surface area contributed by atoms with Crippen molar-refractivity contribution in [3.05, 3.63) is 0 Å². The summed E-state index contributed by atoms with van der Waals surface area (Å²) < 4.78 is 14.8. The Morgan fingerprint density at radius 1 is 1.56 bits per heavy atom. The van der Waals surface area contributed by atoms with Gasteiger partial charge in [-0.2, -0.15) is 4.62 Å². The summed E-state index contributed by atoms with van der Waals surface area (Å²) in [7, 11) is -3.21. The Kier molecular flexibility index (Phi) is 5.86. The van der Waals surface area contributed by atoms with Gasteiger partial charge in [-0.05, 0) is 24.1 Å². The highest BCUT2D eigenvalue weighted by Crippen LogP contribution is 2.36. The summed E-state index contributed by atoms with van der Waals surface area (Å²) in [6, 6.07) is 0. The molecule has 0 spiro atoms. The topological polar surface area (TPSA) is 82.0 Å². The van der Waals surface area contributed by atoms with Crippen molar-refractivity contribution in [2.24, 2.45) is 5.41 Å². The summed E-state index contributed by atoms with van der Waals surface area (Å²) in [5, 5.41) is 3.89. The lowest BCUT2D eigenvalue weighted by Crippen LogP contribution is -2.41. The van der Waals surface area contributed by atoms with Gasteiger partial charge in [0, 0.05) is 13.6 Å². The SMILES string of the molecule is CCC(C)(C)CNC(=S)N(C)OP(=O)(O)O. The Morgan fingerprint density at radius 2 is 2.06 bits per heavy atom. The van der Waals surface area contributed by atoms with E-state index in [2.05, 4.69) is 30.7 Å². The second-order valence-corrected chi connectivity index (χ2v) is 5.78. The molecule has 0 atom stereocenters. The predicted octanol–water partition coefficient (Wildman–Crippen LogP) is 1.25. The summed E-state index contributed by atoms with van der Waals surface area (Å²) >= 11 is 4.91. The first kappa shape index (κ1) is 15.8. The molecule has 0 unspecified atom stereocenters. The number of hydrogen-bond acceptors (Lipinski definition) is 3. The van der Waals surface area contributed by atoms with E-state index in [4.69, 9.17) is 22.0 Å². The molecule has 3 N–H and O–H groups in total. The smallest absolute Gasteiger partial charge is 0.360 e. The average molecular weight is 270 g/mol. The molecule has 0 bridgehead atoms. The minimum absolute atomic E-state index is 0.0625. The summed E-state index contributed by atoms with van der Waals surface area (Å²) in [5.41, 5.74) is 0.0625. The van der Waals surface area contributed by atoms with E-state index in [9.17, 15) is 4.57 Å². The van der Waals surface area contributed by atoms with Gasteiger partial charge in [0.1, 0.15) is 0 Å². The number of nitrogens with one attached hydrogen (secondary N) is 1. The van der Waals surface area contributed by atoms with E-state index in [1.807, 2.05) is 0 Å². The first-order valence-electron chi connectivity index (χ1n) is 4.84. The number of hydrogen-bond donors (Lipinski definition) is 3. The average Bonchev–Trinajstić information content (AvgIpc) is 2.11. The maximum absolute atomic E-state index is 10.5. The predicted molar refractivity (Wildman–Crippen MR) is 65.6 cm³/mol. The largest absolute Gasteiger partial charge is 0.491 e. The molecule has 0 amide bonds. The third-order valence-electron chi connectivity index (χ3n) is 2.19. The third-order valence-corrected chi connectivity index (χ3v) is 3.05. The van der Waals surface area contributed by atoms with E-state index >= 15 is 0 Å². The lowest BCUT2D eigenvalue weighted by atomic mass is 9.90. The van der Waals surface area contributed by atoms with Gasteiger partial charge in [0.05, 0.1) is 0 Å². The van der Waals surface area contributed by atoms with Gasteiger partial charge in [-0.3, -0.25) is 0 Å². The molecule has 0 rings (SSSR count). The first-order chi connectivity index (χ1) is 7.07. The lowest BCUT2D eigenvalue weighted by Gasteiger charge is -2.26. The molecule has 0 heterocycles. The maximum atomic E-state index is 10.5. The summed E-state index contributed by atoms with van der Waals surface area (Å²) in [6.45, 7) is 6.79. The fourth-order valence-corrected chi connectivity index (χ4v) is 1.31. The van der Waals surface area contributed by atoms with Crippen LogP contribution in [-0.2, 0) is 9.19 Å². The summed E-state index contributed by atoms with van der Waals surface area (Å²) in [4.78, 5) is 17.1. The van der Waals surface area contributed by atoms with Crippen LogP contribution in [0, 0.1) is 5.41 Å². The molecule has 96 valence electrons. The molecule has 0 aromatic carbocycles. The molecule has 0 aromatic heterocycles. The molecule has 0 aliphatic heterocycles. The molecular weight excluding hydrogens is 251 g/mol. The van der Waals surface area contributed by atoms with Gasteiger partial charge in [0.25, 0.3) is 0 Å². The van der Waals surface area contributed by atoms with Crippen molar-refractivity contribution in [2.45, 2.75) is 27.2 Å². The molecule has 8 heteroatoms. The van der Waals surface area contributed by atoms with Gasteiger partial charge in [-0.15, -0.1) is 0 Å². The van der Waals surface area contributed by atoms with Crippen LogP contribution in [0.25, 0.3) is 0 Å². The van der Waals surface area contributed by atoms with Crippen LogP contribution >= 0.6 is 20.0 Å². The molecule has 0 saturated heterocycles. The number of thiocarbonyl (C=S) groups is 1. The number of rotatable bonds is 5. The van der Waals surface area contributed by atoms with E-state index in [0.29, 0.717) is 6.54 Å². The zero-order valence-electron chi connectivity index (χ0n) is 9.93. The Morgan fingerprint density at radius 3 is 2.44 bits per heavy atom. The van der Waals surface area contributed by atoms with Crippen molar-refractivity contribution in [3.8, 4) is 0 Å². The monoisotopic (exact) mass is 270 g/mol. The second kappa shape index (κ2) is 5.93. The number of nitrogens with zero attached hydrogens (tertiary/aromatic N) is 1. The van der Waals surface area contributed by atoms with E-state index in [0.717, 1.165) is 11.5 Å². The van der Waals surface area contributed by atoms with Crippen LogP contribution in [0.15, 0.2) is 0 Å². The van der Waals surface area contributed by atoms with Crippen LogP contribution < -0.4 is 5.32 Å². The number of phosphoric acid groups is 1. The highest BCUT2D eigenvalue weighted by Gasteiger charge is 2.21. The zero-order chi connectivity index (χ0) is 13.0. The Hall–Kier alpha value is -0.200. The first-order valence-corrected chi connectivity index (χ1v) is 6.78. The van der Waals surface area contributed by atoms with Crippen molar-refractivity contribution < 1.29 is 19.0 Å². The molecule has 0 radical (unpaired) electrons. The van der Waals surface area contributed by atoms with Gasteiger partial charge < -0.3 is 15.1 Å². The van der Waals surface area contributed by atoms with Crippen LogP contribution in [0.1, 0.15) is 27.2 Å². The van der Waals surface area contributed by atoms with Gasteiger partial charge >= 0.3 is 7.82 Å². The molecule has 6 nitrogen and oxygen atoms in total. The molecular formula is C8H19N2O4PS. The summed E-state index contributed by atoms with van der Waals surface area (Å²) in [5.74, 6) is 0. The van der Waals surface area contributed by atoms with Crippen LogP contribution in [0.3, 0.4) is 0 Å². The highest BCUT2D eigenvalue weighted by atomic mass is 32.1. The van der Waals surface area contributed by atoms with Crippen molar-refractivity contribution >= 4 is 25.2 Å². The van der Waals surface area contributed by atoms with E-state index in [1.165, 1.54) is 7.05 Å². The van der Waals surface area contributed by atoms with E-state index < -0.39 is 7.82 Å². The molecule has 0 fully saturated rings.